The van der Waals surface area contributed by atoms with E-state index >= 15 is 0 Å². The first kappa shape index (κ1) is 17.1. The van der Waals surface area contributed by atoms with Crippen LogP contribution in [0.15, 0.2) is 18.2 Å². The molecule has 0 saturated carbocycles. The van der Waals surface area contributed by atoms with Gasteiger partial charge in [0.25, 0.3) is 0 Å². The molecule has 0 saturated heterocycles. The van der Waals surface area contributed by atoms with Gasteiger partial charge in [0, 0.05) is 31.0 Å². The molecule has 0 aliphatic rings. The van der Waals surface area contributed by atoms with Crippen molar-refractivity contribution in [3.05, 3.63) is 29.6 Å². The van der Waals surface area contributed by atoms with E-state index in [4.69, 9.17) is 10.5 Å². The fourth-order valence-corrected chi connectivity index (χ4v) is 1.74. The molecule has 0 aliphatic heterocycles. The maximum Gasteiger partial charge on any atom is 0.220 e. The second-order valence-electron chi connectivity index (χ2n) is 4.89. The van der Waals surface area contributed by atoms with E-state index in [1.807, 2.05) is 6.92 Å². The standard InChI is InChI=1S/C15H21FN2O3/c1-10(17)7-8-18-15(20)6-4-13(19)11-3-5-14(21-2)12(16)9-11/h3,5,9-10H,4,6-8,17H2,1-2H3,(H,18,20). The van der Waals surface area contributed by atoms with Crippen molar-refractivity contribution < 1.29 is 18.7 Å². The third-order valence-electron chi connectivity index (χ3n) is 2.97. The molecule has 5 nitrogen and oxygen atoms in total. The minimum absolute atomic E-state index is 0.0224. The summed E-state index contributed by atoms with van der Waals surface area (Å²) >= 11 is 0. The largest absolute Gasteiger partial charge is 0.494 e. The van der Waals surface area contributed by atoms with E-state index in [0.717, 1.165) is 6.07 Å². The van der Waals surface area contributed by atoms with Gasteiger partial charge in [0.05, 0.1) is 7.11 Å². The Hall–Kier alpha value is -1.95. The summed E-state index contributed by atoms with van der Waals surface area (Å²) < 4.78 is 18.3. The number of benzene rings is 1. The molecular weight excluding hydrogens is 275 g/mol. The maximum atomic E-state index is 13.5. The minimum atomic E-state index is -0.593. The van der Waals surface area contributed by atoms with Crippen molar-refractivity contribution in [2.75, 3.05) is 13.7 Å². The number of carbonyl (C=O) groups is 2. The number of ether oxygens (including phenoxy) is 1. The lowest BCUT2D eigenvalue weighted by molar-refractivity contribution is -0.121. The van der Waals surface area contributed by atoms with Gasteiger partial charge in [-0.15, -0.1) is 0 Å². The summed E-state index contributed by atoms with van der Waals surface area (Å²) in [4.78, 5) is 23.4. The summed E-state index contributed by atoms with van der Waals surface area (Å²) in [5.74, 6) is -0.998. The first-order valence-electron chi connectivity index (χ1n) is 6.83. The van der Waals surface area contributed by atoms with Crippen molar-refractivity contribution in [1.29, 1.82) is 0 Å². The molecular formula is C15H21FN2O3. The number of amides is 1. The number of halogens is 1. The van der Waals surface area contributed by atoms with Gasteiger partial charge in [0.1, 0.15) is 0 Å². The normalized spacial score (nSPS) is 11.8. The van der Waals surface area contributed by atoms with E-state index in [2.05, 4.69) is 5.32 Å². The van der Waals surface area contributed by atoms with Crippen LogP contribution in [-0.4, -0.2) is 31.4 Å². The van der Waals surface area contributed by atoms with E-state index in [9.17, 15) is 14.0 Å². The SMILES string of the molecule is COc1ccc(C(=O)CCC(=O)NCCC(C)N)cc1F. The van der Waals surface area contributed by atoms with Crippen LogP contribution in [0, 0.1) is 5.82 Å². The number of ketones is 1. The molecule has 0 bridgehead atoms. The molecule has 0 aliphatic carbocycles. The number of nitrogens with two attached hydrogens (primary N) is 1. The van der Waals surface area contributed by atoms with Crippen LogP contribution in [0.2, 0.25) is 0 Å². The Kier molecular flexibility index (Phi) is 6.81. The second kappa shape index (κ2) is 8.36. The van der Waals surface area contributed by atoms with Gasteiger partial charge in [-0.2, -0.15) is 0 Å². The summed E-state index contributed by atoms with van der Waals surface area (Å²) in [7, 11) is 1.35. The Labute approximate surface area is 123 Å². The Balaban J connectivity index is 2.43. The molecule has 0 radical (unpaired) electrons. The quantitative estimate of drug-likeness (QED) is 0.715. The predicted molar refractivity (Wildman–Crippen MR) is 77.8 cm³/mol. The van der Waals surface area contributed by atoms with Gasteiger partial charge in [0.2, 0.25) is 5.91 Å². The van der Waals surface area contributed by atoms with Gasteiger partial charge in [-0.25, -0.2) is 4.39 Å². The van der Waals surface area contributed by atoms with Gasteiger partial charge in [-0.3, -0.25) is 9.59 Å². The average Bonchev–Trinajstić information content (AvgIpc) is 2.44. The summed E-state index contributed by atoms with van der Waals surface area (Å²) in [6, 6.07) is 4.02. The minimum Gasteiger partial charge on any atom is -0.494 e. The predicted octanol–water partition coefficient (Wildman–Crippen LogP) is 1.65. The van der Waals surface area contributed by atoms with Gasteiger partial charge in [-0.05, 0) is 31.5 Å². The highest BCUT2D eigenvalue weighted by molar-refractivity contribution is 5.98. The number of nitrogens with one attached hydrogen (secondary N) is 1. The van der Waals surface area contributed by atoms with Crippen LogP contribution < -0.4 is 15.8 Å². The van der Waals surface area contributed by atoms with E-state index in [1.54, 1.807) is 0 Å². The fraction of sp³-hybridized carbons (Fsp3) is 0.467. The summed E-state index contributed by atoms with van der Waals surface area (Å²) in [6.07, 6.45) is 0.796. The Morgan fingerprint density at radius 1 is 1.38 bits per heavy atom. The molecule has 0 fully saturated rings. The first-order chi connectivity index (χ1) is 9.93. The van der Waals surface area contributed by atoms with Crippen molar-refractivity contribution >= 4 is 11.7 Å². The lowest BCUT2D eigenvalue weighted by Gasteiger charge is -2.07. The number of hydrogen-bond acceptors (Lipinski definition) is 4. The van der Waals surface area contributed by atoms with Crippen molar-refractivity contribution in [2.45, 2.75) is 32.2 Å². The molecule has 0 aromatic heterocycles. The van der Waals surface area contributed by atoms with Crippen molar-refractivity contribution in [1.82, 2.24) is 5.32 Å². The zero-order valence-electron chi connectivity index (χ0n) is 12.3. The molecule has 1 amide bonds. The summed E-state index contributed by atoms with van der Waals surface area (Å²) in [5.41, 5.74) is 5.80. The molecule has 6 heteroatoms. The summed E-state index contributed by atoms with van der Waals surface area (Å²) in [6.45, 7) is 2.34. The molecule has 21 heavy (non-hydrogen) atoms. The van der Waals surface area contributed by atoms with E-state index < -0.39 is 5.82 Å². The van der Waals surface area contributed by atoms with Crippen LogP contribution in [0.3, 0.4) is 0 Å². The lowest BCUT2D eigenvalue weighted by atomic mass is 10.1. The molecule has 3 N–H and O–H groups in total. The highest BCUT2D eigenvalue weighted by atomic mass is 19.1. The fourth-order valence-electron chi connectivity index (χ4n) is 1.74. The maximum absolute atomic E-state index is 13.5. The van der Waals surface area contributed by atoms with E-state index in [-0.39, 0.29) is 41.9 Å². The molecule has 0 spiro atoms. The number of methoxy groups -OCH3 is 1. The van der Waals surface area contributed by atoms with Crippen LogP contribution in [0.4, 0.5) is 4.39 Å². The van der Waals surface area contributed by atoms with Crippen LogP contribution in [0.1, 0.15) is 36.5 Å². The molecule has 0 heterocycles. The van der Waals surface area contributed by atoms with Gasteiger partial charge in [0.15, 0.2) is 17.3 Å². The van der Waals surface area contributed by atoms with Gasteiger partial charge in [-0.1, -0.05) is 0 Å². The van der Waals surface area contributed by atoms with Crippen LogP contribution >= 0.6 is 0 Å². The zero-order valence-corrected chi connectivity index (χ0v) is 12.3. The van der Waals surface area contributed by atoms with Crippen molar-refractivity contribution in [3.8, 4) is 5.75 Å². The molecule has 1 unspecified atom stereocenters. The molecule has 116 valence electrons. The smallest absolute Gasteiger partial charge is 0.220 e. The van der Waals surface area contributed by atoms with Crippen LogP contribution in [-0.2, 0) is 4.79 Å². The van der Waals surface area contributed by atoms with Crippen molar-refractivity contribution in [3.63, 3.8) is 0 Å². The van der Waals surface area contributed by atoms with E-state index in [0.29, 0.717) is 13.0 Å². The third kappa shape index (κ3) is 5.91. The average molecular weight is 296 g/mol. The topological polar surface area (TPSA) is 81.4 Å². The van der Waals surface area contributed by atoms with Gasteiger partial charge >= 0.3 is 0 Å². The van der Waals surface area contributed by atoms with Crippen LogP contribution in [0.25, 0.3) is 0 Å². The number of hydrogen-bond donors (Lipinski definition) is 2. The Bertz CT molecular complexity index is 504. The Morgan fingerprint density at radius 2 is 2.10 bits per heavy atom. The third-order valence-corrected chi connectivity index (χ3v) is 2.97. The van der Waals surface area contributed by atoms with Gasteiger partial charge < -0.3 is 15.8 Å². The van der Waals surface area contributed by atoms with E-state index in [1.165, 1.54) is 19.2 Å². The number of Topliss-reactive ketones (excluding diaryl/α,β-unsaturated/α-hetero) is 1. The highest BCUT2D eigenvalue weighted by Gasteiger charge is 2.12. The monoisotopic (exact) mass is 296 g/mol. The number of rotatable bonds is 8. The first-order valence-corrected chi connectivity index (χ1v) is 6.83. The van der Waals surface area contributed by atoms with Crippen LogP contribution in [0.5, 0.6) is 5.75 Å². The second-order valence-corrected chi connectivity index (χ2v) is 4.89. The Morgan fingerprint density at radius 3 is 2.67 bits per heavy atom. The molecule has 1 aromatic rings. The molecule has 1 atom stereocenters. The molecule has 1 aromatic carbocycles. The van der Waals surface area contributed by atoms with Crippen molar-refractivity contribution in [2.24, 2.45) is 5.73 Å². The summed E-state index contributed by atoms with van der Waals surface area (Å²) in [5, 5.41) is 2.69. The molecule has 1 rings (SSSR count). The highest BCUT2D eigenvalue weighted by Crippen LogP contribution is 2.18. The number of carbonyl (C=O) groups excluding carboxylic acids is 2. The lowest BCUT2D eigenvalue weighted by Crippen LogP contribution is -2.29. The zero-order chi connectivity index (χ0) is 15.8.